The third-order valence-electron chi connectivity index (χ3n) is 6.12. The number of benzene rings is 2. The van der Waals surface area contributed by atoms with Crippen LogP contribution < -0.4 is 0 Å². The minimum absolute atomic E-state index is 0.00792. The molecule has 34 heavy (non-hydrogen) atoms. The third-order valence-corrected chi connectivity index (χ3v) is 6.12. The normalized spacial score (nSPS) is 13.8. The minimum atomic E-state index is -0.285. The second-order valence-electron chi connectivity index (χ2n) is 8.58. The highest BCUT2D eigenvalue weighted by atomic mass is 19.1. The standard InChI is InChI=1S/C26H29FN4O3/c1-19-18-21(10-11-22(19)27)26-28-23(34-29-26)12-13-25(33)31-16-14-30(15-17-31)24(32)9-5-8-20-6-3-2-4-7-20/h2-4,6-7,10-11,18H,5,8-9,12-17H2,1H3. The summed E-state index contributed by atoms with van der Waals surface area (Å²) in [5.74, 6) is 0.626. The van der Waals surface area contributed by atoms with Gasteiger partial charge in [0.15, 0.2) is 0 Å². The van der Waals surface area contributed by atoms with E-state index >= 15 is 0 Å². The third kappa shape index (κ3) is 6.07. The first kappa shape index (κ1) is 23.6. The van der Waals surface area contributed by atoms with Crippen LogP contribution in [-0.4, -0.2) is 57.9 Å². The lowest BCUT2D eigenvalue weighted by molar-refractivity contribution is -0.139. The lowest BCUT2D eigenvalue weighted by atomic mass is 10.1. The van der Waals surface area contributed by atoms with Crippen molar-refractivity contribution in [3.63, 3.8) is 0 Å². The second-order valence-corrected chi connectivity index (χ2v) is 8.58. The Morgan fingerprint density at radius 2 is 1.62 bits per heavy atom. The van der Waals surface area contributed by atoms with Gasteiger partial charge in [-0.1, -0.05) is 35.5 Å². The first-order valence-corrected chi connectivity index (χ1v) is 11.7. The molecule has 0 radical (unpaired) electrons. The molecule has 178 valence electrons. The average Bonchev–Trinajstić information content (AvgIpc) is 3.34. The Balaban J connectivity index is 1.18. The molecule has 0 atom stereocenters. The minimum Gasteiger partial charge on any atom is -0.339 e. The van der Waals surface area contributed by atoms with Gasteiger partial charge < -0.3 is 14.3 Å². The molecule has 0 unspecified atom stereocenters. The number of rotatable bonds is 8. The number of piperazine rings is 1. The van der Waals surface area contributed by atoms with Crippen molar-refractivity contribution in [1.82, 2.24) is 19.9 Å². The van der Waals surface area contributed by atoms with E-state index in [1.165, 1.54) is 11.6 Å². The Bertz CT molecular complexity index is 1120. The van der Waals surface area contributed by atoms with Crippen molar-refractivity contribution in [3.05, 3.63) is 71.4 Å². The summed E-state index contributed by atoms with van der Waals surface area (Å²) >= 11 is 0. The van der Waals surface area contributed by atoms with E-state index in [-0.39, 0.29) is 24.1 Å². The zero-order chi connectivity index (χ0) is 23.9. The van der Waals surface area contributed by atoms with Crippen LogP contribution in [-0.2, 0) is 22.4 Å². The van der Waals surface area contributed by atoms with Crippen LogP contribution in [0.15, 0.2) is 53.1 Å². The molecule has 3 aromatic rings. The summed E-state index contributed by atoms with van der Waals surface area (Å²) in [6, 6.07) is 14.8. The lowest BCUT2D eigenvalue weighted by Crippen LogP contribution is -2.50. The van der Waals surface area contributed by atoms with E-state index in [1.54, 1.807) is 24.0 Å². The molecular formula is C26H29FN4O3. The molecule has 1 aromatic heterocycles. The summed E-state index contributed by atoms with van der Waals surface area (Å²) in [5, 5.41) is 3.94. The van der Waals surface area contributed by atoms with Crippen LogP contribution in [0.2, 0.25) is 0 Å². The fraction of sp³-hybridized carbons (Fsp3) is 0.385. The van der Waals surface area contributed by atoms with Crippen LogP contribution in [0.1, 0.15) is 36.3 Å². The fourth-order valence-corrected chi connectivity index (χ4v) is 4.08. The van der Waals surface area contributed by atoms with Gasteiger partial charge >= 0.3 is 0 Å². The van der Waals surface area contributed by atoms with E-state index in [4.69, 9.17) is 4.52 Å². The number of aromatic nitrogens is 2. The molecule has 2 aromatic carbocycles. The van der Waals surface area contributed by atoms with Gasteiger partial charge in [0.05, 0.1) is 0 Å². The lowest BCUT2D eigenvalue weighted by Gasteiger charge is -2.35. The molecule has 0 N–H and O–H groups in total. The number of hydrogen-bond donors (Lipinski definition) is 0. The van der Waals surface area contributed by atoms with E-state index in [0.717, 1.165) is 12.8 Å². The van der Waals surface area contributed by atoms with Crippen molar-refractivity contribution in [2.75, 3.05) is 26.2 Å². The molecular weight excluding hydrogens is 435 g/mol. The SMILES string of the molecule is Cc1cc(-c2noc(CCC(=O)N3CCN(C(=O)CCCc4ccccc4)CC3)n2)ccc1F. The molecule has 1 fully saturated rings. The topological polar surface area (TPSA) is 79.5 Å². The maximum absolute atomic E-state index is 13.5. The van der Waals surface area contributed by atoms with E-state index in [9.17, 15) is 14.0 Å². The van der Waals surface area contributed by atoms with Crippen molar-refractivity contribution in [2.45, 2.75) is 39.0 Å². The maximum Gasteiger partial charge on any atom is 0.227 e. The van der Waals surface area contributed by atoms with Gasteiger partial charge in [0.2, 0.25) is 23.5 Å². The van der Waals surface area contributed by atoms with Crippen LogP contribution in [0.25, 0.3) is 11.4 Å². The summed E-state index contributed by atoms with van der Waals surface area (Å²) < 4.78 is 18.7. The first-order chi connectivity index (χ1) is 16.5. The predicted octanol–water partition coefficient (Wildman–Crippen LogP) is 3.81. The largest absolute Gasteiger partial charge is 0.339 e. The van der Waals surface area contributed by atoms with Crippen molar-refractivity contribution < 1.29 is 18.5 Å². The van der Waals surface area contributed by atoms with Crippen LogP contribution in [0.3, 0.4) is 0 Å². The Morgan fingerprint density at radius 1 is 0.941 bits per heavy atom. The highest BCUT2D eigenvalue weighted by molar-refractivity contribution is 5.78. The highest BCUT2D eigenvalue weighted by Gasteiger charge is 2.24. The van der Waals surface area contributed by atoms with Crippen LogP contribution in [0, 0.1) is 12.7 Å². The van der Waals surface area contributed by atoms with Crippen molar-refractivity contribution >= 4 is 11.8 Å². The van der Waals surface area contributed by atoms with Crippen molar-refractivity contribution in [1.29, 1.82) is 0 Å². The summed E-state index contributed by atoms with van der Waals surface area (Å²) in [6.45, 7) is 3.87. The number of nitrogens with zero attached hydrogens (tertiary/aromatic N) is 4. The molecule has 0 aliphatic carbocycles. The second kappa shape index (κ2) is 11.0. The van der Waals surface area contributed by atoms with E-state index in [0.29, 0.717) is 61.9 Å². The van der Waals surface area contributed by atoms with Gasteiger partial charge in [0, 0.05) is 51.0 Å². The van der Waals surface area contributed by atoms with Gasteiger partial charge in [0.1, 0.15) is 5.82 Å². The molecule has 1 aliphatic heterocycles. The smallest absolute Gasteiger partial charge is 0.227 e. The molecule has 7 nitrogen and oxygen atoms in total. The van der Waals surface area contributed by atoms with Gasteiger partial charge in [-0.15, -0.1) is 0 Å². The Morgan fingerprint density at radius 3 is 2.29 bits per heavy atom. The van der Waals surface area contributed by atoms with Crippen molar-refractivity contribution in [2.24, 2.45) is 0 Å². The van der Waals surface area contributed by atoms with E-state index in [2.05, 4.69) is 22.3 Å². The zero-order valence-electron chi connectivity index (χ0n) is 19.4. The Kier molecular flexibility index (Phi) is 7.67. The summed E-state index contributed by atoms with van der Waals surface area (Å²) in [5.41, 5.74) is 2.42. The molecule has 0 bridgehead atoms. The predicted molar refractivity (Wildman–Crippen MR) is 125 cm³/mol. The van der Waals surface area contributed by atoms with Gasteiger partial charge in [-0.2, -0.15) is 4.98 Å². The fourth-order valence-electron chi connectivity index (χ4n) is 4.08. The number of halogens is 1. The van der Waals surface area contributed by atoms with Gasteiger partial charge in [0.25, 0.3) is 0 Å². The quantitative estimate of drug-likeness (QED) is 0.507. The van der Waals surface area contributed by atoms with Gasteiger partial charge in [-0.3, -0.25) is 9.59 Å². The summed E-state index contributed by atoms with van der Waals surface area (Å²) in [6.07, 6.45) is 2.84. The van der Waals surface area contributed by atoms with E-state index in [1.807, 2.05) is 23.1 Å². The number of carbonyl (C=O) groups excluding carboxylic acids is 2. The molecule has 1 saturated heterocycles. The molecule has 8 heteroatoms. The summed E-state index contributed by atoms with van der Waals surface area (Å²) in [7, 11) is 0. The monoisotopic (exact) mass is 464 g/mol. The number of hydrogen-bond acceptors (Lipinski definition) is 5. The van der Waals surface area contributed by atoms with Crippen LogP contribution >= 0.6 is 0 Å². The highest BCUT2D eigenvalue weighted by Crippen LogP contribution is 2.19. The van der Waals surface area contributed by atoms with Crippen LogP contribution in [0.4, 0.5) is 4.39 Å². The number of aryl methyl sites for hydroxylation is 3. The van der Waals surface area contributed by atoms with Gasteiger partial charge in [-0.05, 0) is 49.1 Å². The van der Waals surface area contributed by atoms with E-state index < -0.39 is 0 Å². The molecule has 0 spiro atoms. The number of amides is 2. The molecule has 2 amide bonds. The van der Waals surface area contributed by atoms with Gasteiger partial charge in [-0.25, -0.2) is 4.39 Å². The maximum atomic E-state index is 13.5. The molecule has 0 saturated carbocycles. The van der Waals surface area contributed by atoms with Crippen molar-refractivity contribution in [3.8, 4) is 11.4 Å². The Labute approximate surface area is 198 Å². The number of carbonyl (C=O) groups is 2. The molecule has 1 aliphatic rings. The summed E-state index contributed by atoms with van der Waals surface area (Å²) in [4.78, 5) is 33.1. The molecule has 2 heterocycles. The molecule has 4 rings (SSSR count). The first-order valence-electron chi connectivity index (χ1n) is 11.7. The zero-order valence-corrected chi connectivity index (χ0v) is 19.4. The Hall–Kier alpha value is -3.55. The van der Waals surface area contributed by atoms with Crippen LogP contribution in [0.5, 0.6) is 0 Å². The average molecular weight is 465 g/mol.